The molecule has 0 aromatic heterocycles. The van der Waals surface area contributed by atoms with E-state index < -0.39 is 11.6 Å². The summed E-state index contributed by atoms with van der Waals surface area (Å²) >= 11 is 0. The number of hydrogen-bond donors (Lipinski definition) is 0. The summed E-state index contributed by atoms with van der Waals surface area (Å²) in [6, 6.07) is 0. The lowest BCUT2D eigenvalue weighted by atomic mass is 9.81. The van der Waals surface area contributed by atoms with Crippen LogP contribution in [0.25, 0.3) is 0 Å². The van der Waals surface area contributed by atoms with Crippen LogP contribution in [0.1, 0.15) is 19.3 Å². The summed E-state index contributed by atoms with van der Waals surface area (Å²) in [4.78, 5) is 28.6. The number of nitrogens with zero attached hydrogens (tertiary/aromatic N) is 2. The molecular weight excluding hydrogens is 303 g/mol. The number of piperidine rings is 1. The molecule has 7 heteroatoms. The maximum absolute atomic E-state index is 14.2. The summed E-state index contributed by atoms with van der Waals surface area (Å²) in [6.07, 6.45) is 1.32. The maximum Gasteiger partial charge on any atom is 0.260 e. The van der Waals surface area contributed by atoms with Crippen LogP contribution in [0.3, 0.4) is 0 Å². The molecule has 3 heterocycles. The first kappa shape index (κ1) is 15.3. The average molecular weight is 326 g/mol. The first-order valence-electron chi connectivity index (χ1n) is 8.55. The van der Waals surface area contributed by atoms with Crippen molar-refractivity contribution in [3.8, 4) is 0 Å². The predicted molar refractivity (Wildman–Crippen MR) is 78.4 cm³/mol. The highest BCUT2D eigenvalue weighted by Gasteiger charge is 2.55. The second kappa shape index (κ2) is 5.70. The average Bonchev–Trinajstić information content (AvgIpc) is 3.16. The molecule has 23 heavy (non-hydrogen) atoms. The van der Waals surface area contributed by atoms with E-state index in [0.717, 1.165) is 6.42 Å². The third-order valence-electron chi connectivity index (χ3n) is 5.59. The Morgan fingerprint density at radius 2 is 1.78 bits per heavy atom. The van der Waals surface area contributed by atoms with E-state index in [1.54, 1.807) is 0 Å². The van der Waals surface area contributed by atoms with Gasteiger partial charge >= 0.3 is 0 Å². The van der Waals surface area contributed by atoms with Crippen molar-refractivity contribution < 1.29 is 23.5 Å². The van der Waals surface area contributed by atoms with Crippen LogP contribution in [-0.4, -0.2) is 79.4 Å². The van der Waals surface area contributed by atoms with Gasteiger partial charge in [0.2, 0.25) is 5.91 Å². The zero-order chi connectivity index (χ0) is 16.0. The topological polar surface area (TPSA) is 59.1 Å². The Labute approximate surface area is 134 Å². The first-order valence-corrected chi connectivity index (χ1v) is 8.55. The standard InChI is InChI=1S/C16H23FN2O4/c17-16(2-3-16)15(21)19-9-12(11-1-6-23-13(11)10-19)14(20)18-4-7-22-8-5-18/h11-13H,1-10H2/t11-,12+,13+/m0/s1. The number of carbonyl (C=O) groups is 2. The van der Waals surface area contributed by atoms with Crippen LogP contribution in [-0.2, 0) is 19.1 Å². The van der Waals surface area contributed by atoms with E-state index in [0.29, 0.717) is 58.8 Å². The van der Waals surface area contributed by atoms with Crippen molar-refractivity contribution >= 4 is 11.8 Å². The SMILES string of the molecule is O=C([C@@H]1CN(C(=O)C2(F)CC2)C[C@H]2OCC[C@H]21)N1CCOCC1. The fourth-order valence-electron chi connectivity index (χ4n) is 4.03. The van der Waals surface area contributed by atoms with E-state index in [9.17, 15) is 14.0 Å². The number of likely N-dealkylation sites (tertiary alicyclic amines) is 1. The number of alkyl halides is 1. The quantitative estimate of drug-likeness (QED) is 0.728. The van der Waals surface area contributed by atoms with Crippen molar-refractivity contribution in [2.24, 2.45) is 11.8 Å². The molecule has 4 fully saturated rings. The van der Waals surface area contributed by atoms with Crippen LogP contribution in [0, 0.1) is 11.8 Å². The highest BCUT2D eigenvalue weighted by Crippen LogP contribution is 2.43. The molecule has 3 saturated heterocycles. The van der Waals surface area contributed by atoms with Gasteiger partial charge in [0.05, 0.1) is 25.2 Å². The van der Waals surface area contributed by atoms with Gasteiger partial charge in [0, 0.05) is 38.7 Å². The summed E-state index contributed by atoms with van der Waals surface area (Å²) in [5, 5.41) is 0. The Morgan fingerprint density at radius 1 is 1.04 bits per heavy atom. The van der Waals surface area contributed by atoms with E-state index in [1.807, 2.05) is 4.90 Å². The van der Waals surface area contributed by atoms with Crippen molar-refractivity contribution in [2.45, 2.75) is 31.0 Å². The van der Waals surface area contributed by atoms with Crippen LogP contribution in [0.2, 0.25) is 0 Å². The molecular formula is C16H23FN2O4. The van der Waals surface area contributed by atoms with Crippen LogP contribution < -0.4 is 0 Å². The molecule has 1 aliphatic carbocycles. The molecule has 3 aliphatic heterocycles. The summed E-state index contributed by atoms with van der Waals surface area (Å²) in [5.74, 6) is -0.522. The first-order chi connectivity index (χ1) is 11.1. The third kappa shape index (κ3) is 2.74. The molecule has 1 saturated carbocycles. The minimum atomic E-state index is -1.68. The Hall–Kier alpha value is -1.21. The zero-order valence-corrected chi connectivity index (χ0v) is 13.2. The van der Waals surface area contributed by atoms with E-state index in [-0.39, 0.29) is 23.8 Å². The number of morpholine rings is 1. The van der Waals surface area contributed by atoms with Gasteiger partial charge in [-0.25, -0.2) is 4.39 Å². The molecule has 3 atom stereocenters. The van der Waals surface area contributed by atoms with Crippen molar-refractivity contribution in [2.75, 3.05) is 46.0 Å². The number of amides is 2. The molecule has 0 N–H and O–H groups in total. The van der Waals surface area contributed by atoms with Gasteiger partial charge in [0.1, 0.15) is 0 Å². The molecule has 4 aliphatic rings. The normalized spacial score (nSPS) is 35.8. The van der Waals surface area contributed by atoms with Gasteiger partial charge in [-0.15, -0.1) is 0 Å². The molecule has 2 amide bonds. The number of halogens is 1. The Kier molecular flexibility index (Phi) is 3.80. The molecule has 0 bridgehead atoms. The van der Waals surface area contributed by atoms with E-state index in [2.05, 4.69) is 0 Å². The van der Waals surface area contributed by atoms with Gasteiger partial charge in [-0.2, -0.15) is 0 Å². The smallest absolute Gasteiger partial charge is 0.260 e. The molecule has 6 nitrogen and oxygen atoms in total. The largest absolute Gasteiger partial charge is 0.378 e. The molecule has 4 rings (SSSR count). The van der Waals surface area contributed by atoms with E-state index >= 15 is 0 Å². The third-order valence-corrected chi connectivity index (χ3v) is 5.59. The Balaban J connectivity index is 1.51. The predicted octanol–water partition coefficient (Wildman–Crippen LogP) is 0.211. The maximum atomic E-state index is 14.2. The van der Waals surface area contributed by atoms with Crippen LogP contribution >= 0.6 is 0 Å². The minimum absolute atomic E-state index is 0.0648. The fraction of sp³-hybridized carbons (Fsp3) is 0.875. The second-order valence-electron chi connectivity index (χ2n) is 7.08. The molecule has 128 valence electrons. The molecule has 0 aromatic carbocycles. The number of carbonyl (C=O) groups excluding carboxylic acids is 2. The zero-order valence-electron chi connectivity index (χ0n) is 13.2. The van der Waals surface area contributed by atoms with Gasteiger partial charge < -0.3 is 19.3 Å². The molecule has 0 spiro atoms. The number of hydrogen-bond acceptors (Lipinski definition) is 4. The van der Waals surface area contributed by atoms with Crippen LogP contribution in [0.5, 0.6) is 0 Å². The number of rotatable bonds is 2. The lowest BCUT2D eigenvalue weighted by molar-refractivity contribution is -0.152. The van der Waals surface area contributed by atoms with Gasteiger partial charge in [-0.05, 0) is 19.3 Å². The van der Waals surface area contributed by atoms with Gasteiger partial charge in [-0.3, -0.25) is 9.59 Å². The van der Waals surface area contributed by atoms with Crippen LogP contribution in [0.15, 0.2) is 0 Å². The second-order valence-corrected chi connectivity index (χ2v) is 7.08. The van der Waals surface area contributed by atoms with Crippen molar-refractivity contribution in [3.05, 3.63) is 0 Å². The van der Waals surface area contributed by atoms with E-state index in [1.165, 1.54) is 4.90 Å². The number of fused-ring (bicyclic) bond motifs is 1. The lowest BCUT2D eigenvalue weighted by Gasteiger charge is -2.42. The fourth-order valence-corrected chi connectivity index (χ4v) is 4.03. The van der Waals surface area contributed by atoms with Crippen molar-refractivity contribution in [1.29, 1.82) is 0 Å². The molecule has 0 unspecified atom stereocenters. The highest BCUT2D eigenvalue weighted by atomic mass is 19.1. The van der Waals surface area contributed by atoms with Crippen LogP contribution in [0.4, 0.5) is 4.39 Å². The lowest BCUT2D eigenvalue weighted by Crippen LogP contribution is -2.57. The monoisotopic (exact) mass is 326 g/mol. The Bertz CT molecular complexity index is 504. The van der Waals surface area contributed by atoms with Gasteiger partial charge in [0.25, 0.3) is 5.91 Å². The van der Waals surface area contributed by atoms with Crippen molar-refractivity contribution in [1.82, 2.24) is 9.80 Å². The highest BCUT2D eigenvalue weighted by molar-refractivity contribution is 5.89. The van der Waals surface area contributed by atoms with Crippen molar-refractivity contribution in [3.63, 3.8) is 0 Å². The summed E-state index contributed by atoms with van der Waals surface area (Å²) in [6.45, 7) is 3.65. The summed E-state index contributed by atoms with van der Waals surface area (Å²) in [7, 11) is 0. The molecule has 0 radical (unpaired) electrons. The minimum Gasteiger partial charge on any atom is -0.378 e. The van der Waals surface area contributed by atoms with E-state index in [4.69, 9.17) is 9.47 Å². The molecule has 0 aromatic rings. The summed E-state index contributed by atoms with van der Waals surface area (Å²) < 4.78 is 25.2. The summed E-state index contributed by atoms with van der Waals surface area (Å²) in [5.41, 5.74) is -1.68. The number of ether oxygens (including phenoxy) is 2. The van der Waals surface area contributed by atoms with Gasteiger partial charge in [0.15, 0.2) is 5.67 Å². The van der Waals surface area contributed by atoms with Gasteiger partial charge in [-0.1, -0.05) is 0 Å². The Morgan fingerprint density at radius 3 is 2.48 bits per heavy atom.